The van der Waals surface area contributed by atoms with Crippen LogP contribution in [0.2, 0.25) is 0 Å². The van der Waals surface area contributed by atoms with Crippen molar-refractivity contribution in [3.63, 3.8) is 0 Å². The molecule has 0 fully saturated rings. The van der Waals surface area contributed by atoms with Crippen LogP contribution in [0.3, 0.4) is 0 Å². The summed E-state index contributed by atoms with van der Waals surface area (Å²) >= 11 is 1.64. The Bertz CT molecular complexity index is 338. The Morgan fingerprint density at radius 1 is 1.46 bits per heavy atom. The Morgan fingerprint density at radius 3 is 2.92 bits per heavy atom. The van der Waals surface area contributed by atoms with E-state index < -0.39 is 0 Å². The first-order chi connectivity index (χ1) is 6.25. The van der Waals surface area contributed by atoms with Crippen LogP contribution >= 0.6 is 11.3 Å². The number of thiophene rings is 1. The summed E-state index contributed by atoms with van der Waals surface area (Å²) in [6.07, 6.45) is 2.47. The molecule has 1 heterocycles. The molecule has 1 aliphatic carbocycles. The van der Waals surface area contributed by atoms with E-state index in [9.17, 15) is 9.90 Å². The first-order valence-electron chi connectivity index (χ1n) is 4.21. The molecule has 0 radical (unpaired) electrons. The highest BCUT2D eigenvalue weighted by Gasteiger charge is 2.22. The Balaban J connectivity index is 2.20. The summed E-state index contributed by atoms with van der Waals surface area (Å²) in [6, 6.07) is 3.99. The molecular formula is C10H10O2S. The van der Waals surface area contributed by atoms with Crippen molar-refractivity contribution < 1.29 is 9.90 Å². The molecule has 1 aromatic rings. The van der Waals surface area contributed by atoms with Gasteiger partial charge in [0, 0.05) is 29.7 Å². The van der Waals surface area contributed by atoms with Crippen LogP contribution in [-0.2, 0) is 4.79 Å². The normalized spacial score (nSPS) is 22.9. The highest BCUT2D eigenvalue weighted by molar-refractivity contribution is 7.10. The van der Waals surface area contributed by atoms with Crippen LogP contribution in [0, 0.1) is 0 Å². The molecule has 13 heavy (non-hydrogen) atoms. The second-order valence-corrected chi connectivity index (χ2v) is 4.20. The predicted octanol–water partition coefficient (Wildman–Crippen LogP) is 2.64. The van der Waals surface area contributed by atoms with Crippen LogP contribution in [0.5, 0.6) is 0 Å². The molecule has 1 N–H and O–H groups in total. The molecule has 3 heteroatoms. The SMILES string of the molecule is O=C1C=C(O)C[C@H](c2cccs2)C1. The second-order valence-electron chi connectivity index (χ2n) is 3.22. The van der Waals surface area contributed by atoms with Crippen molar-refractivity contribution in [2.24, 2.45) is 0 Å². The number of aliphatic hydroxyl groups is 1. The number of carbonyl (C=O) groups is 1. The Labute approximate surface area is 80.5 Å². The molecule has 0 aromatic carbocycles. The van der Waals surface area contributed by atoms with Crippen molar-refractivity contribution in [1.82, 2.24) is 0 Å². The number of carbonyl (C=O) groups excluding carboxylic acids is 1. The maximum absolute atomic E-state index is 11.1. The molecule has 0 saturated heterocycles. The maximum Gasteiger partial charge on any atom is 0.159 e. The summed E-state index contributed by atoms with van der Waals surface area (Å²) in [6.45, 7) is 0. The van der Waals surface area contributed by atoms with E-state index in [2.05, 4.69) is 0 Å². The van der Waals surface area contributed by atoms with Gasteiger partial charge < -0.3 is 5.11 Å². The van der Waals surface area contributed by atoms with E-state index in [0.717, 1.165) is 0 Å². The Kier molecular flexibility index (Phi) is 2.19. The van der Waals surface area contributed by atoms with Crippen LogP contribution in [0.1, 0.15) is 23.6 Å². The third-order valence-corrected chi connectivity index (χ3v) is 3.21. The van der Waals surface area contributed by atoms with Crippen molar-refractivity contribution in [3.8, 4) is 0 Å². The highest BCUT2D eigenvalue weighted by Crippen LogP contribution is 2.32. The third-order valence-electron chi connectivity index (χ3n) is 2.18. The zero-order valence-corrected chi connectivity index (χ0v) is 7.88. The van der Waals surface area contributed by atoms with Gasteiger partial charge in [0.25, 0.3) is 0 Å². The van der Waals surface area contributed by atoms with Gasteiger partial charge in [0.1, 0.15) is 0 Å². The second kappa shape index (κ2) is 3.34. The monoisotopic (exact) mass is 194 g/mol. The number of hydrogen-bond acceptors (Lipinski definition) is 3. The van der Waals surface area contributed by atoms with E-state index in [1.54, 1.807) is 11.3 Å². The zero-order valence-electron chi connectivity index (χ0n) is 7.06. The van der Waals surface area contributed by atoms with Crippen LogP contribution in [0.25, 0.3) is 0 Å². The van der Waals surface area contributed by atoms with Gasteiger partial charge in [-0.15, -0.1) is 11.3 Å². The number of ketones is 1. The van der Waals surface area contributed by atoms with E-state index in [1.807, 2.05) is 17.5 Å². The lowest BCUT2D eigenvalue weighted by Gasteiger charge is -2.17. The number of allylic oxidation sites excluding steroid dienone is 2. The lowest BCUT2D eigenvalue weighted by molar-refractivity contribution is -0.115. The third kappa shape index (κ3) is 1.80. The molecule has 1 aromatic heterocycles. The van der Waals surface area contributed by atoms with Gasteiger partial charge in [0.05, 0.1) is 5.76 Å². The predicted molar refractivity (Wildman–Crippen MR) is 52.0 cm³/mol. The first kappa shape index (κ1) is 8.51. The van der Waals surface area contributed by atoms with E-state index in [1.165, 1.54) is 11.0 Å². The smallest absolute Gasteiger partial charge is 0.159 e. The first-order valence-corrected chi connectivity index (χ1v) is 5.09. The average molecular weight is 194 g/mol. The minimum absolute atomic E-state index is 0.0298. The molecule has 2 rings (SSSR count). The summed E-state index contributed by atoms with van der Waals surface area (Å²) in [5.41, 5.74) is 0. The van der Waals surface area contributed by atoms with Crippen LogP contribution in [0.15, 0.2) is 29.3 Å². The maximum atomic E-state index is 11.1. The molecular weight excluding hydrogens is 184 g/mol. The molecule has 0 amide bonds. The number of hydrogen-bond donors (Lipinski definition) is 1. The van der Waals surface area contributed by atoms with Gasteiger partial charge in [0.15, 0.2) is 5.78 Å². The van der Waals surface area contributed by atoms with Gasteiger partial charge in [-0.05, 0) is 11.4 Å². The molecule has 0 spiro atoms. The van der Waals surface area contributed by atoms with Crippen molar-refractivity contribution in [3.05, 3.63) is 34.2 Å². The van der Waals surface area contributed by atoms with Gasteiger partial charge in [-0.1, -0.05) is 6.07 Å². The van der Waals surface area contributed by atoms with Gasteiger partial charge in [-0.25, -0.2) is 0 Å². The summed E-state index contributed by atoms with van der Waals surface area (Å²) < 4.78 is 0. The largest absolute Gasteiger partial charge is 0.512 e. The lowest BCUT2D eigenvalue weighted by atomic mass is 9.91. The number of rotatable bonds is 1. The summed E-state index contributed by atoms with van der Waals surface area (Å²) in [7, 11) is 0. The molecule has 0 aliphatic heterocycles. The Morgan fingerprint density at radius 2 is 2.31 bits per heavy atom. The van der Waals surface area contributed by atoms with E-state index >= 15 is 0 Å². The molecule has 0 unspecified atom stereocenters. The lowest BCUT2D eigenvalue weighted by Crippen LogP contribution is -2.11. The Hall–Kier alpha value is -1.09. The summed E-state index contributed by atoms with van der Waals surface area (Å²) in [5, 5.41) is 11.3. The summed E-state index contributed by atoms with van der Waals surface area (Å²) in [5.74, 6) is 0.439. The summed E-state index contributed by atoms with van der Waals surface area (Å²) in [4.78, 5) is 12.3. The fourth-order valence-electron chi connectivity index (χ4n) is 1.60. The van der Waals surface area contributed by atoms with E-state index in [0.29, 0.717) is 12.8 Å². The van der Waals surface area contributed by atoms with Gasteiger partial charge in [0.2, 0.25) is 0 Å². The van der Waals surface area contributed by atoms with Crippen molar-refractivity contribution in [1.29, 1.82) is 0 Å². The van der Waals surface area contributed by atoms with Gasteiger partial charge in [-0.2, -0.15) is 0 Å². The standard InChI is InChI=1S/C10H10O2S/c11-8-4-7(5-9(12)6-8)10-2-1-3-13-10/h1-3,6-7,11H,4-5H2/t7-/m0/s1. The van der Waals surface area contributed by atoms with Crippen molar-refractivity contribution in [2.75, 3.05) is 0 Å². The van der Waals surface area contributed by atoms with Crippen LogP contribution in [0.4, 0.5) is 0 Å². The fourth-order valence-corrected chi connectivity index (χ4v) is 2.43. The minimum Gasteiger partial charge on any atom is -0.512 e. The molecule has 1 aliphatic rings. The van der Waals surface area contributed by atoms with Crippen LogP contribution < -0.4 is 0 Å². The fraction of sp³-hybridized carbons (Fsp3) is 0.300. The topological polar surface area (TPSA) is 37.3 Å². The highest BCUT2D eigenvalue weighted by atomic mass is 32.1. The van der Waals surface area contributed by atoms with E-state index in [-0.39, 0.29) is 17.5 Å². The van der Waals surface area contributed by atoms with Crippen molar-refractivity contribution in [2.45, 2.75) is 18.8 Å². The average Bonchev–Trinajstić information content (AvgIpc) is 2.53. The van der Waals surface area contributed by atoms with Crippen LogP contribution in [-0.4, -0.2) is 10.9 Å². The van der Waals surface area contributed by atoms with Crippen molar-refractivity contribution >= 4 is 17.1 Å². The quantitative estimate of drug-likeness (QED) is 0.746. The molecule has 2 nitrogen and oxygen atoms in total. The van der Waals surface area contributed by atoms with Gasteiger partial charge in [-0.3, -0.25) is 4.79 Å². The minimum atomic E-state index is 0.0298. The zero-order chi connectivity index (χ0) is 9.26. The molecule has 68 valence electrons. The molecule has 1 atom stereocenters. The molecule has 0 bridgehead atoms. The van der Waals surface area contributed by atoms with E-state index in [4.69, 9.17) is 0 Å². The van der Waals surface area contributed by atoms with Gasteiger partial charge >= 0.3 is 0 Å². The number of aliphatic hydroxyl groups excluding tert-OH is 1. The molecule has 0 saturated carbocycles.